The fraction of sp³-hybridized carbons (Fsp3) is 0.500. The number of ketones is 3. The van der Waals surface area contributed by atoms with Gasteiger partial charge in [-0.3, -0.25) is 34.2 Å². The van der Waals surface area contributed by atoms with Crippen molar-refractivity contribution < 1.29 is 112 Å². The van der Waals surface area contributed by atoms with Gasteiger partial charge in [0.25, 0.3) is 0 Å². The van der Waals surface area contributed by atoms with E-state index in [9.17, 15) is 49.8 Å². The molecule has 0 aromatic heterocycles. The minimum absolute atomic E-state index is 0. The van der Waals surface area contributed by atoms with Gasteiger partial charge < -0.3 is 36.1 Å². The molecule has 502 valence electrons. The third-order valence-corrected chi connectivity index (χ3v) is 25.2. The van der Waals surface area contributed by atoms with Crippen LogP contribution in [0.4, 0.5) is 28.9 Å². The number of aliphatic hydroxyl groups is 3. The first-order valence-corrected chi connectivity index (χ1v) is 32.4. The fourth-order valence-electron chi connectivity index (χ4n) is 18.7. The van der Waals surface area contributed by atoms with Crippen LogP contribution in [0, 0.1) is 57.2 Å². The first kappa shape index (κ1) is 74.5. The van der Waals surface area contributed by atoms with Crippen LogP contribution in [0.15, 0.2) is 154 Å². The quantitative estimate of drug-likeness (QED) is 0.0465. The number of aliphatic hydroxyl groups excluding tert-OH is 3. The van der Waals surface area contributed by atoms with Crippen LogP contribution in [0.5, 0.6) is 11.5 Å². The van der Waals surface area contributed by atoms with Gasteiger partial charge in [-0.2, -0.15) is 0 Å². The van der Waals surface area contributed by atoms with E-state index in [0.29, 0.717) is 36.6 Å². The van der Waals surface area contributed by atoms with E-state index in [0.717, 1.165) is 32.7 Å². The third kappa shape index (κ3) is 10.8. The molecule has 0 spiro atoms. The summed E-state index contributed by atoms with van der Waals surface area (Å²) in [6.07, 6.45) is 1.26. The molecule has 22 heteroatoms. The number of carbonyl (C=O) groups excluding carboxylic acids is 3. The number of allylic oxidation sites excluding steroid dienone is 8. The van der Waals surface area contributed by atoms with Crippen molar-refractivity contribution in [3.05, 3.63) is 156 Å². The number of anilines is 2. The van der Waals surface area contributed by atoms with E-state index in [1.165, 1.54) is 30.4 Å². The normalized spacial score (nSPS) is 38.1. The molecule has 7 N–H and O–H groups in total. The number of aliphatic carboxylic acids is 1. The van der Waals surface area contributed by atoms with Gasteiger partial charge in [0, 0.05) is 66.6 Å². The molecule has 0 bridgehead atoms. The molecule has 4 aromatic rings. The SMILES string of the molecule is C.C.C.C[C@]12C=CC(=O)C=C1[C@@H](F)C[C@H]1[C@@H]3C[C@H]4CN(c5ccc(CSc6ccc(O)cc6)cc5)O[C@@]4(C(=O)CO)[C@@]3(C)C[C@H](O)[C@@]12F.C[C@]12C=CC(=O)C=C1[C@@H](F)C[C@H]1[C@@H]3C[C@H]4CN(c5ccc(CSc6ccc(O)cc6)cc5)O[C@@]4(C(=O)O)[C@@]3(C)C[C@H](O)[C@@]12F.[Na+].[OH-]. The number of phenols is 2. The zero-order valence-corrected chi connectivity index (χ0v) is 54.7. The Hall–Kier alpha value is -5.30. The molecule has 10 aliphatic rings. The van der Waals surface area contributed by atoms with Crippen LogP contribution in [-0.2, 0) is 40.4 Å². The van der Waals surface area contributed by atoms with E-state index >= 15 is 17.6 Å². The van der Waals surface area contributed by atoms with Crippen molar-refractivity contribution >= 4 is 58.2 Å². The van der Waals surface area contributed by atoms with Gasteiger partial charge in [0.05, 0.1) is 36.7 Å². The fourth-order valence-corrected chi connectivity index (χ4v) is 20.4. The Morgan fingerprint density at radius 1 is 0.574 bits per heavy atom. The summed E-state index contributed by atoms with van der Waals surface area (Å²) < 4.78 is 66.6. The molecular weight excluding hydrogens is 1260 g/mol. The maximum atomic E-state index is 17.6. The molecule has 94 heavy (non-hydrogen) atoms. The predicted octanol–water partition coefficient (Wildman–Crippen LogP) is 9.82. The van der Waals surface area contributed by atoms with Gasteiger partial charge in [-0.25, -0.2) is 22.4 Å². The number of fused-ring (bicyclic) bond motifs is 14. The van der Waals surface area contributed by atoms with Crippen LogP contribution < -0.4 is 39.7 Å². The molecular formula is C72H85F4N2NaO13S2. The molecule has 0 radical (unpaired) electrons. The van der Waals surface area contributed by atoms with Crippen LogP contribution >= 0.6 is 23.5 Å². The molecule has 0 unspecified atom stereocenters. The predicted molar refractivity (Wildman–Crippen MR) is 347 cm³/mol. The van der Waals surface area contributed by atoms with Gasteiger partial charge in [-0.1, -0.05) is 72.5 Å². The minimum Gasteiger partial charge on any atom is -0.870 e. The summed E-state index contributed by atoms with van der Waals surface area (Å²) in [7, 11) is 0. The number of hydrogen-bond acceptors (Lipinski definition) is 16. The van der Waals surface area contributed by atoms with E-state index in [1.54, 1.807) is 78.7 Å². The molecule has 14 rings (SSSR count). The number of alkyl halides is 4. The van der Waals surface area contributed by atoms with Crippen molar-refractivity contribution in [1.29, 1.82) is 0 Å². The molecule has 4 aromatic carbocycles. The Kier molecular flexibility index (Phi) is 21.0. The third-order valence-electron chi connectivity index (χ3n) is 23.1. The molecule has 2 heterocycles. The molecule has 6 saturated carbocycles. The van der Waals surface area contributed by atoms with Crippen molar-refractivity contribution in [2.75, 3.05) is 29.8 Å². The maximum absolute atomic E-state index is 17.6. The number of halogens is 4. The number of Topliss-reactive ketones (excluding diaryl/α,β-unsaturated/α-hetero) is 1. The average Bonchev–Trinajstić information content (AvgIpc) is 1.39. The standard InChI is InChI=1S/C35H37F2NO6S.C34H35F2NO6S.3CH4.Na.H2O/c1-32-12-11-24(41)14-28(32)29(36)15-27-26-13-21-17-38(22-5-3-20(4-6-22)19-45-25-9-7-23(40)8-10-25)44-35(21,31(43)18-39)33(26,2)16-30(42)34(27,32)37;1-31-12-11-23(39)14-27(31)28(35)15-26-25-13-20-17-37(43-34(20,30(41)42)32(25,2)16-29(40)33(26,31)36)21-5-3-19(4-6-21)18-44-24-9-7-22(38)8-10-24;;;;;/h3-12,14,21,26-27,29-30,39-40,42H,13,15-19H2,1-2H3;3-12,14,20,25-26,28-29,38,40H,13,15-18H2,1-2H3,(H,41,42);3*1H4;;1H2/q;;;;;+1;/p-1/t21-,26-,27-,29-,30-,32-,33-,34-,35-;20-,25-,26-,28-,29-,31-,32-,33-,34-;;;;;/m00...../s1. The largest absolute Gasteiger partial charge is 1.00 e. The molecule has 8 aliphatic carbocycles. The topological polar surface area (TPSA) is 245 Å². The summed E-state index contributed by atoms with van der Waals surface area (Å²) >= 11 is 3.26. The average molecular weight is 1350 g/mol. The number of carbonyl (C=O) groups is 4. The number of carboxylic acid groups (broad SMARTS) is 1. The van der Waals surface area contributed by atoms with Gasteiger partial charge in [-0.05, 0) is 184 Å². The van der Waals surface area contributed by atoms with Crippen LogP contribution in [0.1, 0.15) is 99.6 Å². The second-order valence-electron chi connectivity index (χ2n) is 27.1. The Morgan fingerprint density at radius 3 is 1.31 bits per heavy atom. The van der Waals surface area contributed by atoms with Gasteiger partial charge in [0.2, 0.25) is 5.60 Å². The number of phenolic OH excluding ortho intramolecular Hbond substituents is 2. The van der Waals surface area contributed by atoms with Crippen molar-refractivity contribution in [2.24, 2.45) is 57.2 Å². The monoisotopic (exact) mass is 1350 g/mol. The summed E-state index contributed by atoms with van der Waals surface area (Å²) in [5.74, 6) is -4.55. The number of nitrogens with zero attached hydrogens (tertiary/aromatic N) is 2. The number of thioether (sulfide) groups is 2. The van der Waals surface area contributed by atoms with E-state index in [-0.39, 0.29) is 112 Å². The second kappa shape index (κ2) is 26.5. The number of rotatable bonds is 11. The maximum Gasteiger partial charge on any atom is 1.00 e. The summed E-state index contributed by atoms with van der Waals surface area (Å²) in [5.41, 5.74) is -9.42. The van der Waals surface area contributed by atoms with Crippen LogP contribution in [0.2, 0.25) is 0 Å². The number of hydroxylamine groups is 2. The van der Waals surface area contributed by atoms with Gasteiger partial charge >= 0.3 is 35.5 Å². The van der Waals surface area contributed by atoms with Gasteiger partial charge in [0.1, 0.15) is 30.4 Å². The second-order valence-corrected chi connectivity index (χ2v) is 29.2. The first-order valence-electron chi connectivity index (χ1n) is 30.5. The van der Waals surface area contributed by atoms with Crippen molar-refractivity contribution in [2.45, 2.75) is 157 Å². The zero-order chi connectivity index (χ0) is 63.2. The van der Waals surface area contributed by atoms with Crippen LogP contribution in [0.25, 0.3) is 0 Å². The molecule has 2 aliphatic heterocycles. The van der Waals surface area contributed by atoms with Crippen molar-refractivity contribution in [1.82, 2.24) is 0 Å². The van der Waals surface area contributed by atoms with Crippen LogP contribution in [-0.4, -0.2) is 126 Å². The number of aromatic hydroxyl groups is 2. The van der Waals surface area contributed by atoms with E-state index < -0.39 is 134 Å². The van der Waals surface area contributed by atoms with E-state index in [2.05, 4.69) is 0 Å². The molecule has 18 atom stereocenters. The molecule has 2 saturated heterocycles. The Labute approximate surface area is 577 Å². The number of carboxylic acids is 1. The van der Waals surface area contributed by atoms with E-state index in [1.807, 2.05) is 79.7 Å². The number of benzene rings is 4. The summed E-state index contributed by atoms with van der Waals surface area (Å²) in [6, 6.07) is 29.4. The van der Waals surface area contributed by atoms with Gasteiger partial charge in [-0.15, -0.1) is 23.5 Å². The zero-order valence-electron chi connectivity index (χ0n) is 51.1. The minimum atomic E-state index is -2.27. The van der Waals surface area contributed by atoms with E-state index in [4.69, 9.17) is 9.68 Å². The first-order chi connectivity index (χ1) is 42.2. The van der Waals surface area contributed by atoms with Crippen molar-refractivity contribution in [3.63, 3.8) is 0 Å². The Balaban J connectivity index is 0.000000229. The Morgan fingerprint density at radius 2 is 0.936 bits per heavy atom. The summed E-state index contributed by atoms with van der Waals surface area (Å²) in [4.78, 5) is 66.2. The smallest absolute Gasteiger partial charge is 0.870 e. The Bertz CT molecular complexity index is 3660. The summed E-state index contributed by atoms with van der Waals surface area (Å²) in [6.45, 7) is 6.48. The molecule has 0 amide bonds. The summed E-state index contributed by atoms with van der Waals surface area (Å²) in [5, 5.41) is 66.5. The van der Waals surface area contributed by atoms with Gasteiger partial charge in [0.15, 0.2) is 34.3 Å². The molecule has 8 fully saturated rings. The van der Waals surface area contributed by atoms with Crippen LogP contribution in [0.3, 0.4) is 0 Å². The molecule has 15 nitrogen and oxygen atoms in total. The van der Waals surface area contributed by atoms with Crippen molar-refractivity contribution in [3.8, 4) is 11.5 Å². The number of hydrogen-bond donors (Lipinski definition) is 6.